The van der Waals surface area contributed by atoms with Crippen LogP contribution in [0.5, 0.6) is 6.01 Å². The number of hydrogen-bond acceptors (Lipinski definition) is 8. The van der Waals surface area contributed by atoms with Crippen molar-refractivity contribution in [3.63, 3.8) is 0 Å². The fraction of sp³-hybridized carbons (Fsp3) is 0.355. The number of ether oxygens (including phenoxy) is 1. The largest absolute Gasteiger partial charge is 0.462 e. The number of amides is 1. The minimum absolute atomic E-state index is 0.000928. The van der Waals surface area contributed by atoms with Crippen molar-refractivity contribution in [2.75, 3.05) is 44.7 Å². The molecule has 2 aromatic heterocycles. The lowest BCUT2D eigenvalue weighted by Gasteiger charge is -2.41. The predicted octanol–water partition coefficient (Wildman–Crippen LogP) is 5.54. The fourth-order valence-corrected chi connectivity index (χ4v) is 6.78. The van der Waals surface area contributed by atoms with E-state index in [0.29, 0.717) is 35.4 Å². The zero-order chi connectivity index (χ0) is 29.4. The first-order valence-electron chi connectivity index (χ1n) is 13.9. The van der Waals surface area contributed by atoms with Crippen LogP contribution in [0.15, 0.2) is 54.2 Å². The molecule has 2 aliphatic heterocycles. The molecule has 2 atom stereocenters. The van der Waals surface area contributed by atoms with Crippen LogP contribution in [0, 0.1) is 17.1 Å². The Bertz CT molecular complexity index is 1720. The van der Waals surface area contributed by atoms with Gasteiger partial charge in [0.25, 0.3) is 5.91 Å². The molecule has 6 rings (SSSR count). The van der Waals surface area contributed by atoms with E-state index in [1.54, 1.807) is 17.4 Å². The van der Waals surface area contributed by atoms with Crippen LogP contribution in [0.4, 0.5) is 14.6 Å². The van der Waals surface area contributed by atoms with E-state index in [0.717, 1.165) is 35.0 Å². The van der Waals surface area contributed by atoms with E-state index in [1.165, 1.54) is 11.0 Å². The highest BCUT2D eigenvalue weighted by molar-refractivity contribution is 7.17. The van der Waals surface area contributed by atoms with Crippen LogP contribution in [0.3, 0.4) is 0 Å². The number of rotatable bonds is 7. The zero-order valence-electron chi connectivity index (χ0n) is 23.2. The summed E-state index contributed by atoms with van der Waals surface area (Å²) < 4.78 is 36.8. The van der Waals surface area contributed by atoms with Crippen LogP contribution in [0.1, 0.15) is 19.3 Å². The van der Waals surface area contributed by atoms with Crippen LogP contribution >= 0.6 is 11.3 Å². The van der Waals surface area contributed by atoms with E-state index in [2.05, 4.69) is 24.6 Å². The van der Waals surface area contributed by atoms with Gasteiger partial charge in [-0.05, 0) is 61.6 Å². The Kier molecular flexibility index (Phi) is 7.75. The molecule has 0 unspecified atom stereocenters. The quantitative estimate of drug-likeness (QED) is 0.262. The number of piperazine rings is 1. The zero-order valence-corrected chi connectivity index (χ0v) is 24.0. The molecule has 0 aliphatic carbocycles. The highest BCUT2D eigenvalue weighted by atomic mass is 32.1. The smallest absolute Gasteiger partial charge is 0.319 e. The maximum atomic E-state index is 15.9. The molecular weight excluding hydrogens is 558 g/mol. The van der Waals surface area contributed by atoms with Gasteiger partial charge in [0.1, 0.15) is 18.2 Å². The number of nitriles is 1. The lowest BCUT2D eigenvalue weighted by molar-refractivity contribution is -0.131. The summed E-state index contributed by atoms with van der Waals surface area (Å²) in [5.41, 5.74) is 1.72. The lowest BCUT2D eigenvalue weighted by atomic mass is 9.99. The number of thiophene rings is 1. The van der Waals surface area contributed by atoms with Crippen LogP contribution in [0.2, 0.25) is 0 Å². The average molecular weight is 589 g/mol. The van der Waals surface area contributed by atoms with Crippen molar-refractivity contribution < 1.29 is 18.3 Å². The monoisotopic (exact) mass is 588 g/mol. The molecule has 2 aliphatic rings. The number of carbonyl (C=O) groups excluding carboxylic acids is 1. The van der Waals surface area contributed by atoms with Crippen molar-refractivity contribution in [3.8, 4) is 23.2 Å². The van der Waals surface area contributed by atoms with Crippen molar-refractivity contribution in [3.05, 3.63) is 60.0 Å². The third kappa shape index (κ3) is 5.28. The summed E-state index contributed by atoms with van der Waals surface area (Å²) in [5.74, 6) is -1.86. The molecule has 42 heavy (non-hydrogen) atoms. The van der Waals surface area contributed by atoms with Gasteiger partial charge in [0.05, 0.1) is 24.0 Å². The highest BCUT2D eigenvalue weighted by Crippen LogP contribution is 2.37. The van der Waals surface area contributed by atoms with Crippen molar-refractivity contribution in [2.45, 2.75) is 31.3 Å². The van der Waals surface area contributed by atoms with Crippen molar-refractivity contribution >= 4 is 44.1 Å². The van der Waals surface area contributed by atoms with Gasteiger partial charge in [-0.2, -0.15) is 15.2 Å². The summed E-state index contributed by atoms with van der Waals surface area (Å²) in [6.07, 6.45) is 2.11. The summed E-state index contributed by atoms with van der Waals surface area (Å²) in [6.45, 7) is 5.22. The Morgan fingerprint density at radius 2 is 2.02 bits per heavy atom. The van der Waals surface area contributed by atoms with E-state index in [1.807, 2.05) is 34.5 Å². The Labute approximate surface area is 246 Å². The first-order valence-corrected chi connectivity index (χ1v) is 14.8. The predicted molar refractivity (Wildman–Crippen MR) is 160 cm³/mol. The van der Waals surface area contributed by atoms with Gasteiger partial charge in [-0.25, -0.2) is 8.78 Å². The van der Waals surface area contributed by atoms with Gasteiger partial charge in [-0.1, -0.05) is 18.7 Å². The number of carbonyl (C=O) groups is 1. The molecule has 11 heteroatoms. The number of nitrogens with zero attached hydrogens (tertiary/aromatic N) is 6. The molecule has 2 saturated heterocycles. The molecular formula is C31H30F2N6O2S. The number of halogens is 2. The van der Waals surface area contributed by atoms with Gasteiger partial charge in [0.2, 0.25) is 0 Å². The summed E-state index contributed by atoms with van der Waals surface area (Å²) in [6, 6.07) is 12.9. The number of likely N-dealkylation sites (N-methyl/N-ethyl adjacent to an activating group) is 1. The summed E-state index contributed by atoms with van der Waals surface area (Å²) in [4.78, 5) is 27.4. The number of anilines is 1. The number of fused-ring (bicyclic) bond motifs is 2. The van der Waals surface area contributed by atoms with Gasteiger partial charge in [-0.15, -0.1) is 11.3 Å². The van der Waals surface area contributed by atoms with E-state index in [4.69, 9.17) is 14.7 Å². The van der Waals surface area contributed by atoms with E-state index >= 15 is 4.39 Å². The van der Waals surface area contributed by atoms with Crippen molar-refractivity contribution in [2.24, 2.45) is 0 Å². The maximum Gasteiger partial charge on any atom is 0.319 e. The Morgan fingerprint density at radius 1 is 1.17 bits per heavy atom. The molecule has 0 saturated carbocycles. The van der Waals surface area contributed by atoms with Gasteiger partial charge < -0.3 is 19.4 Å². The second kappa shape index (κ2) is 11.6. The van der Waals surface area contributed by atoms with E-state index in [-0.39, 0.29) is 31.6 Å². The third-order valence-corrected chi connectivity index (χ3v) is 9.09. The first-order chi connectivity index (χ1) is 20.3. The first kappa shape index (κ1) is 28.0. The molecule has 4 heterocycles. The van der Waals surface area contributed by atoms with Crippen LogP contribution in [-0.4, -0.2) is 77.6 Å². The fourth-order valence-electron chi connectivity index (χ4n) is 5.96. The minimum Gasteiger partial charge on any atom is -0.462 e. The Hall–Kier alpha value is -4.14. The van der Waals surface area contributed by atoms with Crippen LogP contribution < -0.4 is 9.64 Å². The van der Waals surface area contributed by atoms with Crippen LogP contribution in [-0.2, 0) is 4.79 Å². The molecule has 2 fully saturated rings. The van der Waals surface area contributed by atoms with Gasteiger partial charge in [0, 0.05) is 46.7 Å². The lowest BCUT2D eigenvalue weighted by Crippen LogP contribution is -2.55. The maximum absolute atomic E-state index is 15.9. The number of hydrogen-bond donors (Lipinski definition) is 0. The molecule has 8 nitrogen and oxygen atoms in total. The highest BCUT2D eigenvalue weighted by Gasteiger charge is 2.33. The van der Waals surface area contributed by atoms with E-state index < -0.39 is 23.6 Å². The molecule has 0 bridgehead atoms. The van der Waals surface area contributed by atoms with Gasteiger partial charge in [-0.3, -0.25) is 4.79 Å². The van der Waals surface area contributed by atoms with Crippen molar-refractivity contribution in [1.29, 1.82) is 5.26 Å². The van der Waals surface area contributed by atoms with Crippen LogP contribution in [0.25, 0.3) is 32.1 Å². The minimum atomic E-state index is -1.07. The number of aromatic nitrogens is 2. The van der Waals surface area contributed by atoms with Gasteiger partial charge in [0.15, 0.2) is 5.83 Å². The molecule has 0 N–H and O–H groups in total. The molecule has 0 radical (unpaired) electrons. The Morgan fingerprint density at radius 3 is 2.79 bits per heavy atom. The number of benzene rings is 2. The normalized spacial score (nSPS) is 19.4. The number of likely N-dealkylation sites (tertiary alicyclic amines) is 1. The van der Waals surface area contributed by atoms with Gasteiger partial charge >= 0.3 is 6.01 Å². The third-order valence-electron chi connectivity index (χ3n) is 8.21. The SMILES string of the molecule is C=C(F)C(=O)N1CCN(c2nc(OC[C@@H]3CCCN3C)nc3cc(-c4cccc5sccc45)c(F)cc23)C[C@@H]1CC#N. The summed E-state index contributed by atoms with van der Waals surface area (Å²) in [5, 5.41) is 12.9. The summed E-state index contributed by atoms with van der Waals surface area (Å²) >= 11 is 1.60. The van der Waals surface area contributed by atoms with E-state index in [9.17, 15) is 14.4 Å². The Balaban J connectivity index is 1.42. The standard InChI is InChI=1S/C31H30F2N6O2S/c1-19(32)30(40)39-13-12-38(17-20(39)8-10-34)29-25-15-26(33)24(22-6-3-7-28-23(22)9-14-42-28)16-27(25)35-31(36-29)41-18-21-5-4-11-37(21)2/h3,6-7,9,14-16,20-21H,1,4-5,8,11-13,17-18H2,2H3/t20-,21-/m0/s1. The average Bonchev–Trinajstić information content (AvgIpc) is 3.64. The topological polar surface area (TPSA) is 85.6 Å². The molecule has 0 spiro atoms. The second-order valence-electron chi connectivity index (χ2n) is 10.8. The summed E-state index contributed by atoms with van der Waals surface area (Å²) in [7, 11) is 2.07. The second-order valence-corrected chi connectivity index (χ2v) is 11.7. The molecule has 4 aromatic rings. The molecule has 2 aromatic carbocycles. The molecule has 216 valence electrons. The molecule has 1 amide bonds. The van der Waals surface area contributed by atoms with Crippen molar-refractivity contribution in [1.82, 2.24) is 19.8 Å².